The summed E-state index contributed by atoms with van der Waals surface area (Å²) in [5.74, 6) is -0.425. The minimum atomic E-state index is -4.58. The number of fused-ring (bicyclic) bond motifs is 1. The normalized spacial score (nSPS) is 15.0. The summed E-state index contributed by atoms with van der Waals surface area (Å²) in [5.41, 5.74) is 0.821. The van der Waals surface area contributed by atoms with Gasteiger partial charge in [0.05, 0.1) is 33.7 Å². The molecule has 1 unspecified atom stereocenters. The number of anilines is 3. The molecule has 4 aromatic rings. The fourth-order valence-corrected chi connectivity index (χ4v) is 4.79. The van der Waals surface area contributed by atoms with Gasteiger partial charge in [0, 0.05) is 11.4 Å². The Morgan fingerprint density at radius 1 is 1.08 bits per heavy atom. The van der Waals surface area contributed by atoms with Gasteiger partial charge in [-0.2, -0.15) is 28.7 Å². The molecular formula is C26H16F3N7OS. The average Bonchev–Trinajstić information content (AvgIpc) is 3.58. The van der Waals surface area contributed by atoms with Crippen LogP contribution in [-0.4, -0.2) is 20.7 Å². The Bertz CT molecular complexity index is 1640. The number of amides is 1. The summed E-state index contributed by atoms with van der Waals surface area (Å²) in [5, 5.41) is 28.1. The van der Waals surface area contributed by atoms with E-state index in [2.05, 4.69) is 21.5 Å². The van der Waals surface area contributed by atoms with E-state index in [4.69, 9.17) is 0 Å². The van der Waals surface area contributed by atoms with E-state index in [9.17, 15) is 28.5 Å². The third-order valence-corrected chi connectivity index (χ3v) is 6.80. The lowest BCUT2D eigenvalue weighted by Gasteiger charge is -2.34. The molecule has 1 aliphatic heterocycles. The molecule has 1 amide bonds. The van der Waals surface area contributed by atoms with Crippen LogP contribution in [0.5, 0.6) is 0 Å². The molecule has 0 spiro atoms. The number of nitriles is 2. The molecule has 0 saturated heterocycles. The first-order valence-corrected chi connectivity index (χ1v) is 12.0. The molecule has 38 heavy (non-hydrogen) atoms. The molecule has 188 valence electrons. The van der Waals surface area contributed by atoms with Gasteiger partial charge in [0.2, 0.25) is 5.95 Å². The largest absolute Gasteiger partial charge is 0.416 e. The van der Waals surface area contributed by atoms with Gasteiger partial charge in [0.15, 0.2) is 0 Å². The maximum atomic E-state index is 13.5. The Labute approximate surface area is 218 Å². The molecule has 0 radical (unpaired) electrons. The molecule has 8 nitrogen and oxygen atoms in total. The molecule has 2 aromatic carbocycles. The summed E-state index contributed by atoms with van der Waals surface area (Å²) in [4.78, 5) is 19.0. The Morgan fingerprint density at radius 2 is 1.84 bits per heavy atom. The van der Waals surface area contributed by atoms with Crippen LogP contribution < -0.4 is 10.2 Å². The number of rotatable bonds is 4. The van der Waals surface area contributed by atoms with Crippen molar-refractivity contribution < 1.29 is 18.0 Å². The minimum absolute atomic E-state index is 0.0824. The number of nitrogens with one attached hydrogen (secondary N) is 1. The summed E-state index contributed by atoms with van der Waals surface area (Å²) in [6, 6.07) is 17.9. The summed E-state index contributed by atoms with van der Waals surface area (Å²) in [7, 11) is 0. The second-order valence-electron chi connectivity index (χ2n) is 8.24. The van der Waals surface area contributed by atoms with Crippen LogP contribution in [0.25, 0.3) is 0 Å². The third kappa shape index (κ3) is 4.38. The highest BCUT2D eigenvalue weighted by Gasteiger charge is 2.37. The molecule has 5 rings (SSSR count). The van der Waals surface area contributed by atoms with Crippen molar-refractivity contribution in [1.82, 2.24) is 14.8 Å². The van der Waals surface area contributed by atoms with Gasteiger partial charge in [-0.3, -0.25) is 15.0 Å². The summed E-state index contributed by atoms with van der Waals surface area (Å²) < 4.78 is 41.9. The van der Waals surface area contributed by atoms with Gasteiger partial charge in [-0.15, -0.1) is 16.4 Å². The molecular weight excluding hydrogens is 515 g/mol. The number of hydrogen-bond acceptors (Lipinski definition) is 7. The van der Waals surface area contributed by atoms with E-state index >= 15 is 0 Å². The van der Waals surface area contributed by atoms with E-state index in [1.54, 1.807) is 48.7 Å². The molecule has 1 aliphatic rings. The van der Waals surface area contributed by atoms with Gasteiger partial charge in [0.1, 0.15) is 6.04 Å². The number of benzene rings is 2. The Hall–Kier alpha value is -4.94. The highest BCUT2D eigenvalue weighted by atomic mass is 32.1. The quantitative estimate of drug-likeness (QED) is 0.345. The average molecular weight is 532 g/mol. The van der Waals surface area contributed by atoms with Crippen molar-refractivity contribution in [2.75, 3.05) is 10.2 Å². The molecule has 0 aliphatic carbocycles. The van der Waals surface area contributed by atoms with Crippen LogP contribution in [0, 0.1) is 22.7 Å². The predicted molar refractivity (Wildman–Crippen MR) is 133 cm³/mol. The zero-order valence-corrected chi connectivity index (χ0v) is 20.4. The molecule has 2 aromatic heterocycles. The van der Waals surface area contributed by atoms with Crippen molar-refractivity contribution in [1.29, 1.82) is 10.5 Å². The maximum Gasteiger partial charge on any atom is 0.416 e. The number of aromatic nitrogens is 3. The Morgan fingerprint density at radius 3 is 2.47 bits per heavy atom. The van der Waals surface area contributed by atoms with Crippen molar-refractivity contribution in [2.24, 2.45) is 0 Å². The van der Waals surface area contributed by atoms with Gasteiger partial charge >= 0.3 is 6.18 Å². The monoisotopic (exact) mass is 531 g/mol. The summed E-state index contributed by atoms with van der Waals surface area (Å²) in [6.45, 7) is 1.61. The van der Waals surface area contributed by atoms with Gasteiger partial charge in [-0.05, 0) is 54.3 Å². The molecule has 0 saturated carbocycles. The second-order valence-corrected chi connectivity index (χ2v) is 9.19. The van der Waals surface area contributed by atoms with E-state index in [1.807, 2.05) is 6.07 Å². The number of alkyl halides is 3. The van der Waals surface area contributed by atoms with E-state index in [0.717, 1.165) is 12.1 Å². The fourth-order valence-electron chi connectivity index (χ4n) is 4.18. The summed E-state index contributed by atoms with van der Waals surface area (Å²) in [6.07, 6.45) is -4.58. The number of carbonyl (C=O) groups is 1. The van der Waals surface area contributed by atoms with Crippen LogP contribution >= 0.6 is 11.3 Å². The number of allylic oxidation sites excluding steroid dienone is 2. The molecule has 0 fully saturated rings. The fraction of sp³-hybridized carbons (Fsp3) is 0.115. The lowest BCUT2D eigenvalue weighted by molar-refractivity contribution is -0.137. The third-order valence-electron chi connectivity index (χ3n) is 5.93. The molecule has 3 heterocycles. The van der Waals surface area contributed by atoms with Crippen LogP contribution in [-0.2, 0) is 6.18 Å². The van der Waals surface area contributed by atoms with Crippen LogP contribution in [0.2, 0.25) is 0 Å². The Kier molecular flexibility index (Phi) is 6.18. The van der Waals surface area contributed by atoms with Gasteiger partial charge < -0.3 is 0 Å². The predicted octanol–water partition coefficient (Wildman–Crippen LogP) is 6.02. The Balaban J connectivity index is 1.68. The number of hydrogen-bond donors (Lipinski definition) is 1. The second kappa shape index (κ2) is 9.50. The molecule has 0 bridgehead atoms. The van der Waals surface area contributed by atoms with E-state index < -0.39 is 23.7 Å². The highest BCUT2D eigenvalue weighted by Crippen LogP contribution is 2.43. The zero-order chi connectivity index (χ0) is 27.0. The highest BCUT2D eigenvalue weighted by molar-refractivity contribution is 7.12. The van der Waals surface area contributed by atoms with Crippen molar-refractivity contribution >= 4 is 34.8 Å². The topological polar surface area (TPSA) is 111 Å². The lowest BCUT2D eigenvalue weighted by atomic mass is 9.95. The first kappa shape index (κ1) is 24.7. The minimum Gasteiger partial charge on any atom is -0.288 e. The van der Waals surface area contributed by atoms with Crippen molar-refractivity contribution in [3.05, 3.63) is 98.9 Å². The van der Waals surface area contributed by atoms with Gasteiger partial charge in [-0.25, -0.2) is 4.68 Å². The van der Waals surface area contributed by atoms with Crippen LogP contribution in [0.4, 0.5) is 30.8 Å². The standard InChI is InChI=1S/C26H16F3N7OS/c1-15-20(14-31)22(17-9-7-16(13-30)8-10-17)36-25(33-24(34-36)32-23(37)21-6-3-11-38-21)35(15)19-5-2-4-18(12-19)26(27,28)29/h2-12,22H,1H3,(H,32,34,37). The van der Waals surface area contributed by atoms with Crippen molar-refractivity contribution in [3.63, 3.8) is 0 Å². The lowest BCUT2D eigenvalue weighted by Crippen LogP contribution is -2.31. The first-order valence-electron chi connectivity index (χ1n) is 11.1. The van der Waals surface area contributed by atoms with E-state index in [0.29, 0.717) is 21.7 Å². The smallest absolute Gasteiger partial charge is 0.288 e. The maximum absolute atomic E-state index is 13.5. The van der Waals surface area contributed by atoms with E-state index in [1.165, 1.54) is 33.1 Å². The van der Waals surface area contributed by atoms with Gasteiger partial charge in [-0.1, -0.05) is 24.3 Å². The van der Waals surface area contributed by atoms with Crippen LogP contribution in [0.1, 0.15) is 39.3 Å². The molecule has 1 atom stereocenters. The van der Waals surface area contributed by atoms with E-state index in [-0.39, 0.29) is 23.2 Å². The summed E-state index contributed by atoms with van der Waals surface area (Å²) >= 11 is 1.22. The zero-order valence-electron chi connectivity index (χ0n) is 19.6. The SMILES string of the molecule is CC1=C(C#N)C(c2ccc(C#N)cc2)n2nc(NC(=O)c3cccs3)nc2N1c1cccc(C(F)(F)F)c1. The number of nitrogens with zero attached hydrogens (tertiary/aromatic N) is 6. The number of thiophene rings is 1. The van der Waals surface area contributed by atoms with Gasteiger partial charge in [0.25, 0.3) is 11.9 Å². The number of halogens is 3. The number of carbonyl (C=O) groups excluding carboxylic acids is 1. The van der Waals surface area contributed by atoms with Crippen LogP contribution in [0.15, 0.2) is 77.3 Å². The van der Waals surface area contributed by atoms with Crippen LogP contribution in [0.3, 0.4) is 0 Å². The van der Waals surface area contributed by atoms with Crippen molar-refractivity contribution in [3.8, 4) is 12.1 Å². The molecule has 1 N–H and O–H groups in total. The molecule has 12 heteroatoms. The van der Waals surface area contributed by atoms with Crippen molar-refractivity contribution in [2.45, 2.75) is 19.1 Å². The first-order chi connectivity index (χ1) is 18.2.